The Kier molecular flexibility index (Phi) is 7.06. The van der Waals surface area contributed by atoms with E-state index in [9.17, 15) is 22.0 Å². The standard InChI is InChI=1S/C21H19F2N3O4S/c22-18-4-1-5-19(12-18)31(29,30)26(10-8-15-3-2-9-24-13-15)14-17-7-6-16(11-20(17)23)21(27)25-28/h1-7,9,11-13,28H,8,10,14H2,(H,25,27). The van der Waals surface area contributed by atoms with Crippen molar-refractivity contribution in [2.45, 2.75) is 17.9 Å². The number of nitrogens with one attached hydrogen (secondary N) is 1. The van der Waals surface area contributed by atoms with Gasteiger partial charge in [0, 0.05) is 36.6 Å². The number of sulfonamides is 1. The molecule has 0 saturated carbocycles. The summed E-state index contributed by atoms with van der Waals surface area (Å²) in [6.45, 7) is -0.352. The average molecular weight is 447 g/mol. The Bertz CT molecular complexity index is 1170. The molecule has 162 valence electrons. The lowest BCUT2D eigenvalue weighted by Crippen LogP contribution is -2.33. The topological polar surface area (TPSA) is 99.6 Å². The van der Waals surface area contributed by atoms with Crippen LogP contribution in [0.5, 0.6) is 0 Å². The molecule has 1 amide bonds. The zero-order valence-corrected chi connectivity index (χ0v) is 17.0. The number of carbonyl (C=O) groups excluding carboxylic acids is 1. The third kappa shape index (κ3) is 5.48. The molecule has 0 unspecified atom stereocenters. The van der Waals surface area contributed by atoms with E-state index in [0.29, 0.717) is 6.42 Å². The lowest BCUT2D eigenvalue weighted by atomic mass is 10.1. The van der Waals surface area contributed by atoms with Gasteiger partial charge >= 0.3 is 0 Å². The van der Waals surface area contributed by atoms with Crippen LogP contribution in [0.2, 0.25) is 0 Å². The first kappa shape index (κ1) is 22.5. The van der Waals surface area contributed by atoms with Gasteiger partial charge in [-0.05, 0) is 48.4 Å². The van der Waals surface area contributed by atoms with Crippen molar-refractivity contribution in [3.05, 3.63) is 95.3 Å². The van der Waals surface area contributed by atoms with Gasteiger partial charge in [-0.25, -0.2) is 22.7 Å². The number of aromatic nitrogens is 1. The molecule has 0 spiro atoms. The number of pyridine rings is 1. The number of hydroxylamine groups is 1. The summed E-state index contributed by atoms with van der Waals surface area (Å²) in [5.41, 5.74) is 2.07. The van der Waals surface area contributed by atoms with Gasteiger partial charge < -0.3 is 0 Å². The van der Waals surface area contributed by atoms with E-state index in [1.54, 1.807) is 24.5 Å². The number of hydrogen-bond acceptors (Lipinski definition) is 5. The van der Waals surface area contributed by atoms with Gasteiger partial charge in [-0.15, -0.1) is 0 Å². The molecule has 10 heteroatoms. The zero-order valence-electron chi connectivity index (χ0n) is 16.2. The molecular formula is C21H19F2N3O4S. The Morgan fingerprint density at radius 1 is 1.10 bits per heavy atom. The van der Waals surface area contributed by atoms with Crippen LogP contribution in [0, 0.1) is 11.6 Å². The fourth-order valence-corrected chi connectivity index (χ4v) is 4.38. The second kappa shape index (κ2) is 9.73. The maximum Gasteiger partial charge on any atom is 0.274 e. The number of carbonyl (C=O) groups is 1. The second-order valence-electron chi connectivity index (χ2n) is 6.65. The van der Waals surface area contributed by atoms with Crippen LogP contribution in [0.3, 0.4) is 0 Å². The highest BCUT2D eigenvalue weighted by molar-refractivity contribution is 7.89. The largest absolute Gasteiger partial charge is 0.288 e. The third-order valence-electron chi connectivity index (χ3n) is 4.57. The quantitative estimate of drug-likeness (QED) is 0.409. The molecule has 2 aromatic carbocycles. The third-order valence-corrected chi connectivity index (χ3v) is 6.41. The number of hydrogen-bond donors (Lipinski definition) is 2. The van der Waals surface area contributed by atoms with Crippen LogP contribution in [-0.2, 0) is 23.0 Å². The number of halogens is 2. The van der Waals surface area contributed by atoms with Crippen molar-refractivity contribution >= 4 is 15.9 Å². The Balaban J connectivity index is 1.93. The highest BCUT2D eigenvalue weighted by Crippen LogP contribution is 2.22. The molecule has 1 heterocycles. The number of rotatable bonds is 8. The van der Waals surface area contributed by atoms with Crippen molar-refractivity contribution in [3.8, 4) is 0 Å². The summed E-state index contributed by atoms with van der Waals surface area (Å²) in [6.07, 6.45) is 3.48. The van der Waals surface area contributed by atoms with Crippen molar-refractivity contribution < 1.29 is 27.2 Å². The molecule has 0 aliphatic heterocycles. The van der Waals surface area contributed by atoms with Gasteiger partial charge in [-0.2, -0.15) is 4.31 Å². The molecule has 0 aliphatic rings. The zero-order chi connectivity index (χ0) is 22.4. The normalized spacial score (nSPS) is 11.5. The van der Waals surface area contributed by atoms with E-state index in [2.05, 4.69) is 4.98 Å². The van der Waals surface area contributed by atoms with E-state index in [1.807, 2.05) is 0 Å². The summed E-state index contributed by atoms with van der Waals surface area (Å²) in [5, 5.41) is 8.68. The summed E-state index contributed by atoms with van der Waals surface area (Å²) in [6, 6.07) is 11.5. The molecule has 0 bridgehead atoms. The van der Waals surface area contributed by atoms with Gasteiger partial charge in [0.05, 0.1) is 4.90 Å². The predicted molar refractivity (Wildman–Crippen MR) is 108 cm³/mol. The number of amides is 1. The van der Waals surface area contributed by atoms with Crippen molar-refractivity contribution in [1.82, 2.24) is 14.8 Å². The molecule has 2 N–H and O–H groups in total. The molecule has 0 aliphatic carbocycles. The fourth-order valence-electron chi connectivity index (χ4n) is 2.93. The van der Waals surface area contributed by atoms with Crippen molar-refractivity contribution in [2.24, 2.45) is 0 Å². The van der Waals surface area contributed by atoms with Crippen molar-refractivity contribution in [2.75, 3.05) is 6.54 Å². The predicted octanol–water partition coefficient (Wildman–Crippen LogP) is 2.91. The van der Waals surface area contributed by atoms with Gasteiger partial charge in [0.15, 0.2) is 0 Å². The molecule has 0 fully saturated rings. The van der Waals surface area contributed by atoms with E-state index < -0.39 is 27.6 Å². The van der Waals surface area contributed by atoms with E-state index in [-0.39, 0.29) is 29.1 Å². The van der Waals surface area contributed by atoms with Gasteiger partial charge in [-0.3, -0.25) is 15.0 Å². The van der Waals surface area contributed by atoms with Crippen LogP contribution < -0.4 is 5.48 Å². The Hall–Kier alpha value is -3.21. The Labute approximate surface area is 178 Å². The molecule has 1 aromatic heterocycles. The average Bonchev–Trinajstić information content (AvgIpc) is 2.77. The highest BCUT2D eigenvalue weighted by Gasteiger charge is 2.26. The Morgan fingerprint density at radius 3 is 2.55 bits per heavy atom. The molecule has 0 radical (unpaired) electrons. The van der Waals surface area contributed by atoms with Crippen LogP contribution in [0.1, 0.15) is 21.5 Å². The first-order chi connectivity index (χ1) is 14.8. The molecule has 0 saturated heterocycles. The molecule has 3 aromatic rings. The molecule has 3 rings (SSSR count). The molecular weight excluding hydrogens is 428 g/mol. The highest BCUT2D eigenvalue weighted by atomic mass is 32.2. The van der Waals surface area contributed by atoms with Crippen LogP contribution in [0.4, 0.5) is 8.78 Å². The van der Waals surface area contributed by atoms with Gasteiger partial charge in [0.1, 0.15) is 11.6 Å². The van der Waals surface area contributed by atoms with Crippen molar-refractivity contribution in [1.29, 1.82) is 0 Å². The van der Waals surface area contributed by atoms with Crippen LogP contribution >= 0.6 is 0 Å². The minimum Gasteiger partial charge on any atom is -0.288 e. The van der Waals surface area contributed by atoms with E-state index >= 15 is 0 Å². The maximum atomic E-state index is 14.6. The summed E-state index contributed by atoms with van der Waals surface area (Å²) >= 11 is 0. The van der Waals surface area contributed by atoms with E-state index in [0.717, 1.165) is 28.1 Å². The SMILES string of the molecule is O=C(NO)c1ccc(CN(CCc2cccnc2)S(=O)(=O)c2cccc(F)c2)c(F)c1. The van der Waals surface area contributed by atoms with Gasteiger partial charge in [0.25, 0.3) is 5.91 Å². The minimum atomic E-state index is -4.15. The summed E-state index contributed by atoms with van der Waals surface area (Å²) in [5.74, 6) is -2.42. The number of nitrogens with zero attached hydrogens (tertiary/aromatic N) is 2. The van der Waals surface area contributed by atoms with Gasteiger partial charge in [0.2, 0.25) is 10.0 Å². The summed E-state index contributed by atoms with van der Waals surface area (Å²) in [7, 11) is -4.15. The van der Waals surface area contributed by atoms with E-state index in [4.69, 9.17) is 5.21 Å². The van der Waals surface area contributed by atoms with Gasteiger partial charge in [-0.1, -0.05) is 18.2 Å². The fraction of sp³-hybridized carbons (Fsp3) is 0.143. The first-order valence-corrected chi connectivity index (χ1v) is 10.6. The number of benzene rings is 2. The van der Waals surface area contributed by atoms with Crippen molar-refractivity contribution in [3.63, 3.8) is 0 Å². The van der Waals surface area contributed by atoms with E-state index in [1.165, 1.54) is 29.7 Å². The lowest BCUT2D eigenvalue weighted by molar-refractivity contribution is 0.0706. The van der Waals surface area contributed by atoms with Crippen LogP contribution in [0.25, 0.3) is 0 Å². The monoisotopic (exact) mass is 447 g/mol. The Morgan fingerprint density at radius 2 is 1.90 bits per heavy atom. The van der Waals surface area contributed by atoms with Crippen LogP contribution in [-0.4, -0.2) is 35.4 Å². The summed E-state index contributed by atoms with van der Waals surface area (Å²) < 4.78 is 55.6. The van der Waals surface area contributed by atoms with Crippen LogP contribution in [0.15, 0.2) is 71.9 Å². The molecule has 0 atom stereocenters. The maximum absolute atomic E-state index is 14.6. The summed E-state index contributed by atoms with van der Waals surface area (Å²) in [4.78, 5) is 15.2. The first-order valence-electron chi connectivity index (χ1n) is 9.19. The molecule has 7 nitrogen and oxygen atoms in total. The smallest absolute Gasteiger partial charge is 0.274 e. The minimum absolute atomic E-state index is 0.0111. The lowest BCUT2D eigenvalue weighted by Gasteiger charge is -2.23. The second-order valence-corrected chi connectivity index (χ2v) is 8.59. The molecule has 31 heavy (non-hydrogen) atoms.